The molecule has 0 amide bonds. The highest BCUT2D eigenvalue weighted by molar-refractivity contribution is 7.85. The van der Waals surface area contributed by atoms with Gasteiger partial charge in [0.1, 0.15) is 0 Å². The van der Waals surface area contributed by atoms with E-state index in [1.54, 1.807) is 6.26 Å². The van der Waals surface area contributed by atoms with Crippen molar-refractivity contribution in [2.24, 2.45) is 0 Å². The molecule has 0 aliphatic carbocycles. The van der Waals surface area contributed by atoms with Gasteiger partial charge in [-0.15, -0.1) is 0 Å². The smallest absolute Gasteiger partial charge is 0.0716 e. The van der Waals surface area contributed by atoms with Gasteiger partial charge in [-0.1, -0.05) is 6.92 Å². The predicted octanol–water partition coefficient (Wildman–Crippen LogP) is 0.932. The molecule has 0 aromatic carbocycles. The van der Waals surface area contributed by atoms with Crippen molar-refractivity contribution in [2.75, 3.05) is 12.8 Å². The zero-order chi connectivity index (χ0) is 8.43. The van der Waals surface area contributed by atoms with Gasteiger partial charge in [-0.2, -0.15) is 0 Å². The van der Waals surface area contributed by atoms with E-state index in [2.05, 4.69) is 0 Å². The van der Waals surface area contributed by atoms with Crippen LogP contribution in [0.3, 0.4) is 0 Å². The Labute approximate surface area is 65.8 Å². The van der Waals surface area contributed by atoms with E-state index in [9.17, 15) is 4.21 Å². The van der Waals surface area contributed by atoms with Crippen LogP contribution in [0, 0.1) is 0 Å². The van der Waals surface area contributed by atoms with Crippen LogP contribution in [0.2, 0.25) is 0 Å². The summed E-state index contributed by atoms with van der Waals surface area (Å²) in [6, 6.07) is 0. The lowest BCUT2D eigenvalue weighted by Gasteiger charge is -2.12. The summed E-state index contributed by atoms with van der Waals surface area (Å²) in [6.45, 7) is 1.55. The number of hydrogen-bond donors (Lipinski definition) is 0. The van der Waals surface area contributed by atoms with Crippen LogP contribution in [-0.4, -0.2) is 28.4 Å². The molecule has 1 rings (SSSR count). The van der Waals surface area contributed by atoms with Crippen LogP contribution in [0.5, 0.6) is 0 Å². The van der Waals surface area contributed by atoms with Crippen LogP contribution < -0.4 is 0 Å². The minimum Gasteiger partial charge on any atom is -0.377 e. The van der Waals surface area contributed by atoms with Crippen molar-refractivity contribution in [3.05, 3.63) is 0 Å². The monoisotopic (exact) mass is 164 g/mol. The van der Waals surface area contributed by atoms with Gasteiger partial charge in [-0.25, -0.2) is 0 Å². The SMILES string of the molecule is [3H]C1CC(S(C)=O)[C@@H](CC)O1. The van der Waals surface area contributed by atoms with E-state index < -0.39 is 17.4 Å². The second-order valence-corrected chi connectivity index (χ2v) is 4.12. The van der Waals surface area contributed by atoms with Gasteiger partial charge in [0.2, 0.25) is 0 Å². The fourth-order valence-corrected chi connectivity index (χ4v) is 2.26. The molecule has 1 heterocycles. The molecule has 1 aliphatic rings. The van der Waals surface area contributed by atoms with Crippen molar-refractivity contribution >= 4 is 10.8 Å². The second-order valence-electron chi connectivity index (χ2n) is 2.52. The van der Waals surface area contributed by atoms with Gasteiger partial charge in [0.15, 0.2) is 0 Å². The summed E-state index contributed by atoms with van der Waals surface area (Å²) in [5, 5.41) is 0.0856. The molecule has 60 valence electrons. The Balaban J connectivity index is 2.57. The van der Waals surface area contributed by atoms with E-state index in [1.807, 2.05) is 6.92 Å². The summed E-state index contributed by atoms with van der Waals surface area (Å²) in [6.07, 6.45) is 3.22. The first-order valence-corrected chi connectivity index (χ1v) is 5.17. The van der Waals surface area contributed by atoms with Gasteiger partial charge in [0, 0.05) is 23.6 Å². The first-order chi connectivity index (χ1) is 5.15. The van der Waals surface area contributed by atoms with Crippen LogP contribution >= 0.6 is 0 Å². The molecule has 0 aromatic rings. The standard InChI is InChI=1S/C7H14O2S/c1-3-6-7(10(2)8)4-5-9-6/h6-7H,3-5H2,1-2H3/t6-,7?,10?/m1/s1/i5T/t5?,6-,7?,10?. The Morgan fingerprint density at radius 1 is 1.90 bits per heavy atom. The third-order valence-corrected chi connectivity index (χ3v) is 3.19. The molecule has 10 heavy (non-hydrogen) atoms. The van der Waals surface area contributed by atoms with Gasteiger partial charge in [0.05, 0.1) is 12.7 Å². The number of rotatable bonds is 2. The largest absolute Gasteiger partial charge is 0.377 e. The molecular formula is C7H14O2S. The predicted molar refractivity (Wildman–Crippen MR) is 42.5 cm³/mol. The van der Waals surface area contributed by atoms with E-state index >= 15 is 0 Å². The van der Waals surface area contributed by atoms with Crippen molar-refractivity contribution in [3.63, 3.8) is 0 Å². The van der Waals surface area contributed by atoms with Crippen molar-refractivity contribution in [1.29, 1.82) is 0 Å². The second kappa shape index (κ2) is 3.49. The Morgan fingerprint density at radius 3 is 3.00 bits per heavy atom. The number of ether oxygens (including phenoxy) is 1. The van der Waals surface area contributed by atoms with E-state index in [-0.39, 0.29) is 11.4 Å². The van der Waals surface area contributed by atoms with E-state index in [0.29, 0.717) is 6.42 Å². The van der Waals surface area contributed by atoms with Crippen LogP contribution in [0.15, 0.2) is 0 Å². The van der Waals surface area contributed by atoms with Gasteiger partial charge in [-0.05, 0) is 12.8 Å². The molecular weight excluding hydrogens is 148 g/mol. The van der Waals surface area contributed by atoms with Crippen LogP contribution in [0.4, 0.5) is 0 Å². The van der Waals surface area contributed by atoms with E-state index in [1.165, 1.54) is 0 Å². The molecule has 4 atom stereocenters. The Hall–Kier alpha value is 0.110. The Bertz CT molecular complexity index is 163. The molecule has 2 nitrogen and oxygen atoms in total. The summed E-state index contributed by atoms with van der Waals surface area (Å²) >= 11 is 0. The zero-order valence-corrected chi connectivity index (χ0v) is 7.19. The van der Waals surface area contributed by atoms with Gasteiger partial charge in [0.25, 0.3) is 0 Å². The highest BCUT2D eigenvalue weighted by atomic mass is 32.2. The lowest BCUT2D eigenvalue weighted by Crippen LogP contribution is -2.24. The molecule has 0 aromatic heterocycles. The summed E-state index contributed by atoms with van der Waals surface area (Å²) in [7, 11) is -0.837. The first-order valence-electron chi connectivity index (χ1n) is 4.12. The minimum absolute atomic E-state index is 0.0448. The third kappa shape index (κ3) is 1.58. The Morgan fingerprint density at radius 2 is 2.60 bits per heavy atom. The molecule has 0 spiro atoms. The van der Waals surface area contributed by atoms with Crippen molar-refractivity contribution in [1.82, 2.24) is 0 Å². The maximum absolute atomic E-state index is 11.1. The van der Waals surface area contributed by atoms with Crippen LogP contribution in [-0.2, 0) is 15.5 Å². The highest BCUT2D eigenvalue weighted by Crippen LogP contribution is 2.20. The van der Waals surface area contributed by atoms with Gasteiger partial charge < -0.3 is 4.74 Å². The van der Waals surface area contributed by atoms with E-state index in [4.69, 9.17) is 6.11 Å². The fourth-order valence-electron chi connectivity index (χ4n) is 1.22. The normalized spacial score (nSPS) is 45.0. The molecule has 0 saturated carbocycles. The summed E-state index contributed by atoms with van der Waals surface area (Å²) in [5.41, 5.74) is 0. The van der Waals surface area contributed by atoms with Crippen molar-refractivity contribution < 1.29 is 10.3 Å². The molecule has 1 fully saturated rings. The van der Waals surface area contributed by atoms with Crippen molar-refractivity contribution in [3.8, 4) is 0 Å². The maximum atomic E-state index is 11.1. The zero-order valence-electron chi connectivity index (χ0n) is 7.37. The summed E-state index contributed by atoms with van der Waals surface area (Å²) in [4.78, 5) is 0. The number of hydrogen-bond acceptors (Lipinski definition) is 2. The Kier molecular flexibility index (Phi) is 2.37. The summed E-state index contributed by atoms with van der Waals surface area (Å²) < 4.78 is 23.7. The van der Waals surface area contributed by atoms with E-state index in [0.717, 1.165) is 6.42 Å². The molecule has 0 radical (unpaired) electrons. The molecule has 3 heteroatoms. The lowest BCUT2D eigenvalue weighted by atomic mass is 10.2. The molecule has 0 bridgehead atoms. The summed E-state index contributed by atoms with van der Waals surface area (Å²) in [5.74, 6) is 0. The molecule has 1 aliphatic heterocycles. The molecule has 0 N–H and O–H groups in total. The van der Waals surface area contributed by atoms with Gasteiger partial charge in [-0.3, -0.25) is 4.21 Å². The topological polar surface area (TPSA) is 26.3 Å². The fraction of sp³-hybridized carbons (Fsp3) is 1.00. The van der Waals surface area contributed by atoms with Crippen molar-refractivity contribution in [2.45, 2.75) is 31.1 Å². The average molecular weight is 164 g/mol. The minimum atomic E-state index is -0.837. The lowest BCUT2D eigenvalue weighted by molar-refractivity contribution is 0.110. The third-order valence-electron chi connectivity index (χ3n) is 1.84. The highest BCUT2D eigenvalue weighted by Gasteiger charge is 2.29. The van der Waals surface area contributed by atoms with Gasteiger partial charge >= 0.3 is 0 Å². The van der Waals surface area contributed by atoms with Crippen LogP contribution in [0.25, 0.3) is 0 Å². The molecule has 1 saturated heterocycles. The first kappa shape index (κ1) is 6.80. The average Bonchev–Trinajstić information content (AvgIpc) is 2.30. The van der Waals surface area contributed by atoms with Crippen LogP contribution in [0.1, 0.15) is 21.1 Å². The quantitative estimate of drug-likeness (QED) is 0.607. The molecule has 3 unspecified atom stereocenters. The maximum Gasteiger partial charge on any atom is 0.0716 e.